The lowest BCUT2D eigenvalue weighted by Gasteiger charge is -2.31. The summed E-state index contributed by atoms with van der Waals surface area (Å²) in [4.78, 5) is 27.1. The summed E-state index contributed by atoms with van der Waals surface area (Å²) in [6.45, 7) is 2.23. The summed E-state index contributed by atoms with van der Waals surface area (Å²) in [5.74, 6) is -0.836. The second-order valence-corrected chi connectivity index (χ2v) is 6.18. The van der Waals surface area contributed by atoms with Crippen molar-refractivity contribution >= 4 is 11.8 Å². The van der Waals surface area contributed by atoms with Crippen LogP contribution in [0.4, 0.5) is 4.39 Å². The van der Waals surface area contributed by atoms with Crippen molar-refractivity contribution in [2.75, 3.05) is 13.2 Å². The normalized spacial score (nSPS) is 11.7. The van der Waals surface area contributed by atoms with Gasteiger partial charge in [-0.25, -0.2) is 4.39 Å². The SMILES string of the molecule is CCC(=O)N(Cc1ccc(F)cc1)C(C(=O)NCCCO)c1ccccc1. The Kier molecular flexibility index (Phi) is 7.95. The summed E-state index contributed by atoms with van der Waals surface area (Å²) in [6, 6.07) is 14.2. The second-order valence-electron chi connectivity index (χ2n) is 6.18. The van der Waals surface area contributed by atoms with Gasteiger partial charge in [-0.3, -0.25) is 9.59 Å². The van der Waals surface area contributed by atoms with E-state index in [1.54, 1.807) is 31.2 Å². The molecule has 144 valence electrons. The van der Waals surface area contributed by atoms with Gasteiger partial charge >= 0.3 is 0 Å². The fourth-order valence-electron chi connectivity index (χ4n) is 2.81. The zero-order chi connectivity index (χ0) is 19.6. The number of hydrogen-bond acceptors (Lipinski definition) is 3. The third-order valence-electron chi connectivity index (χ3n) is 4.20. The van der Waals surface area contributed by atoms with Gasteiger partial charge in [-0.1, -0.05) is 49.4 Å². The molecule has 2 rings (SSSR count). The summed E-state index contributed by atoms with van der Waals surface area (Å²) < 4.78 is 13.2. The molecule has 0 heterocycles. The first-order valence-electron chi connectivity index (χ1n) is 9.04. The minimum atomic E-state index is -0.803. The van der Waals surface area contributed by atoms with Gasteiger partial charge in [-0.2, -0.15) is 0 Å². The Morgan fingerprint density at radius 1 is 1.11 bits per heavy atom. The molecule has 2 aromatic carbocycles. The van der Waals surface area contributed by atoms with Crippen LogP contribution in [0.3, 0.4) is 0 Å². The Morgan fingerprint density at radius 2 is 1.78 bits per heavy atom. The maximum atomic E-state index is 13.2. The number of hydrogen-bond donors (Lipinski definition) is 2. The molecule has 0 aliphatic carbocycles. The van der Waals surface area contributed by atoms with Crippen molar-refractivity contribution < 1.29 is 19.1 Å². The molecule has 5 nitrogen and oxygen atoms in total. The summed E-state index contributed by atoms with van der Waals surface area (Å²) in [7, 11) is 0. The van der Waals surface area contributed by atoms with E-state index in [1.165, 1.54) is 17.0 Å². The van der Waals surface area contributed by atoms with E-state index in [0.717, 1.165) is 5.56 Å². The molecule has 6 heteroatoms. The van der Waals surface area contributed by atoms with Crippen LogP contribution in [-0.4, -0.2) is 35.0 Å². The zero-order valence-electron chi connectivity index (χ0n) is 15.4. The molecule has 2 N–H and O–H groups in total. The number of nitrogens with one attached hydrogen (secondary N) is 1. The molecule has 0 bridgehead atoms. The molecule has 0 aliphatic heterocycles. The molecule has 0 fully saturated rings. The lowest BCUT2D eigenvalue weighted by atomic mass is 10.0. The largest absolute Gasteiger partial charge is 0.396 e. The lowest BCUT2D eigenvalue weighted by molar-refractivity contribution is -0.141. The van der Waals surface area contributed by atoms with Crippen molar-refractivity contribution in [3.8, 4) is 0 Å². The van der Waals surface area contributed by atoms with Gasteiger partial charge in [-0.15, -0.1) is 0 Å². The average molecular weight is 372 g/mol. The highest BCUT2D eigenvalue weighted by Crippen LogP contribution is 2.24. The van der Waals surface area contributed by atoms with E-state index in [0.29, 0.717) is 18.5 Å². The average Bonchev–Trinajstić information content (AvgIpc) is 2.69. The Labute approximate surface area is 158 Å². The van der Waals surface area contributed by atoms with Crippen LogP contribution in [0.5, 0.6) is 0 Å². The number of halogens is 1. The summed E-state index contributed by atoms with van der Waals surface area (Å²) in [5.41, 5.74) is 1.44. The van der Waals surface area contributed by atoms with Crippen LogP contribution >= 0.6 is 0 Å². The molecule has 0 aromatic heterocycles. The highest BCUT2D eigenvalue weighted by molar-refractivity contribution is 5.88. The minimum Gasteiger partial charge on any atom is -0.396 e. The first-order valence-corrected chi connectivity index (χ1v) is 9.04. The Hall–Kier alpha value is -2.73. The van der Waals surface area contributed by atoms with Gasteiger partial charge in [0.25, 0.3) is 0 Å². The molecule has 0 saturated carbocycles. The number of amides is 2. The van der Waals surface area contributed by atoms with Crippen LogP contribution in [0.2, 0.25) is 0 Å². The molecule has 2 aromatic rings. The van der Waals surface area contributed by atoms with Crippen LogP contribution in [0.15, 0.2) is 54.6 Å². The smallest absolute Gasteiger partial charge is 0.247 e. The highest BCUT2D eigenvalue weighted by Gasteiger charge is 2.30. The fraction of sp³-hybridized carbons (Fsp3) is 0.333. The second kappa shape index (κ2) is 10.4. The molecular weight excluding hydrogens is 347 g/mol. The van der Waals surface area contributed by atoms with E-state index in [4.69, 9.17) is 5.11 Å². The van der Waals surface area contributed by atoms with E-state index in [2.05, 4.69) is 5.32 Å². The molecule has 0 saturated heterocycles. The predicted octanol–water partition coefficient (Wildman–Crippen LogP) is 2.80. The monoisotopic (exact) mass is 372 g/mol. The Morgan fingerprint density at radius 3 is 2.37 bits per heavy atom. The Bertz CT molecular complexity index is 735. The molecule has 27 heavy (non-hydrogen) atoms. The number of aliphatic hydroxyl groups excluding tert-OH is 1. The molecule has 0 aliphatic rings. The van der Waals surface area contributed by atoms with Crippen molar-refractivity contribution in [3.05, 3.63) is 71.5 Å². The third-order valence-corrected chi connectivity index (χ3v) is 4.20. The van der Waals surface area contributed by atoms with Gasteiger partial charge in [0.15, 0.2) is 0 Å². The molecule has 1 atom stereocenters. The van der Waals surface area contributed by atoms with Crippen molar-refractivity contribution in [2.24, 2.45) is 0 Å². The van der Waals surface area contributed by atoms with E-state index in [-0.39, 0.29) is 37.2 Å². The number of nitrogens with zero attached hydrogens (tertiary/aromatic N) is 1. The van der Waals surface area contributed by atoms with E-state index in [1.807, 2.05) is 18.2 Å². The third kappa shape index (κ3) is 5.89. The fourth-order valence-corrected chi connectivity index (χ4v) is 2.81. The highest BCUT2D eigenvalue weighted by atomic mass is 19.1. The van der Waals surface area contributed by atoms with Crippen molar-refractivity contribution in [3.63, 3.8) is 0 Å². The number of aliphatic hydroxyl groups is 1. The standard InChI is InChI=1S/C21H25FN2O3/c1-2-19(26)24(15-16-9-11-18(22)12-10-16)20(17-7-4-3-5-8-17)21(27)23-13-6-14-25/h3-5,7-12,20,25H,2,6,13-15H2,1H3,(H,23,27). The minimum absolute atomic E-state index is 0.0243. The maximum absolute atomic E-state index is 13.2. The van der Waals surface area contributed by atoms with Crippen LogP contribution < -0.4 is 5.32 Å². The van der Waals surface area contributed by atoms with Gasteiger partial charge in [0.2, 0.25) is 11.8 Å². The van der Waals surface area contributed by atoms with Crippen molar-refractivity contribution in [1.82, 2.24) is 10.2 Å². The van der Waals surface area contributed by atoms with Gasteiger partial charge in [0, 0.05) is 26.1 Å². The summed E-state index contributed by atoms with van der Waals surface area (Å²) in [6.07, 6.45) is 0.682. The molecular formula is C21H25FN2O3. The quantitative estimate of drug-likeness (QED) is 0.665. The van der Waals surface area contributed by atoms with Crippen molar-refractivity contribution in [2.45, 2.75) is 32.4 Å². The van der Waals surface area contributed by atoms with Crippen LogP contribution in [-0.2, 0) is 16.1 Å². The number of benzene rings is 2. The zero-order valence-corrected chi connectivity index (χ0v) is 15.4. The van der Waals surface area contributed by atoms with Crippen LogP contribution in [0.25, 0.3) is 0 Å². The topological polar surface area (TPSA) is 69.6 Å². The lowest BCUT2D eigenvalue weighted by Crippen LogP contribution is -2.43. The van der Waals surface area contributed by atoms with Gasteiger partial charge in [0.05, 0.1) is 0 Å². The van der Waals surface area contributed by atoms with Gasteiger partial charge in [0.1, 0.15) is 11.9 Å². The number of carbonyl (C=O) groups excluding carboxylic acids is 2. The predicted molar refractivity (Wildman–Crippen MR) is 101 cm³/mol. The molecule has 2 amide bonds. The molecule has 1 unspecified atom stereocenters. The molecule has 0 radical (unpaired) electrons. The van der Waals surface area contributed by atoms with Crippen LogP contribution in [0.1, 0.15) is 36.9 Å². The van der Waals surface area contributed by atoms with Gasteiger partial charge in [-0.05, 0) is 29.7 Å². The Balaban J connectivity index is 2.35. The van der Waals surface area contributed by atoms with Gasteiger partial charge < -0.3 is 15.3 Å². The summed E-state index contributed by atoms with van der Waals surface area (Å²) in [5, 5.41) is 11.7. The number of carbonyl (C=O) groups is 2. The van der Waals surface area contributed by atoms with Crippen LogP contribution in [0, 0.1) is 5.82 Å². The maximum Gasteiger partial charge on any atom is 0.247 e. The van der Waals surface area contributed by atoms with E-state index < -0.39 is 6.04 Å². The van der Waals surface area contributed by atoms with E-state index in [9.17, 15) is 14.0 Å². The first-order chi connectivity index (χ1) is 13.1. The van der Waals surface area contributed by atoms with E-state index >= 15 is 0 Å². The summed E-state index contributed by atoms with van der Waals surface area (Å²) >= 11 is 0. The first kappa shape index (κ1) is 20.6. The van der Waals surface area contributed by atoms with Crippen molar-refractivity contribution in [1.29, 1.82) is 0 Å². The molecule has 0 spiro atoms. The number of rotatable bonds is 9.